The molecule has 1 saturated heterocycles. The van der Waals surface area contributed by atoms with E-state index in [4.69, 9.17) is 4.74 Å². The molecular formula is C19H28N2O. The van der Waals surface area contributed by atoms with Crippen molar-refractivity contribution in [3.63, 3.8) is 0 Å². The van der Waals surface area contributed by atoms with Gasteiger partial charge in [0.2, 0.25) is 0 Å². The van der Waals surface area contributed by atoms with Gasteiger partial charge >= 0.3 is 0 Å². The molecule has 3 heteroatoms. The van der Waals surface area contributed by atoms with Gasteiger partial charge in [0.05, 0.1) is 7.11 Å². The number of likely N-dealkylation sites (tertiary alicyclic amines) is 1. The van der Waals surface area contributed by atoms with Gasteiger partial charge in [-0.25, -0.2) is 0 Å². The smallest absolute Gasteiger partial charge is 0.119 e. The summed E-state index contributed by atoms with van der Waals surface area (Å²) in [6, 6.07) is 7.89. The largest absolute Gasteiger partial charge is 0.497 e. The minimum atomic E-state index is 0.224. The summed E-state index contributed by atoms with van der Waals surface area (Å²) in [5, 5.41) is 3.67. The minimum absolute atomic E-state index is 0.224. The second kappa shape index (κ2) is 5.24. The zero-order valence-electron chi connectivity index (χ0n) is 14.1. The van der Waals surface area contributed by atoms with Crippen molar-refractivity contribution in [2.24, 2.45) is 5.92 Å². The van der Waals surface area contributed by atoms with Gasteiger partial charge in [0.1, 0.15) is 5.75 Å². The lowest BCUT2D eigenvalue weighted by molar-refractivity contribution is 0.0464. The topological polar surface area (TPSA) is 24.5 Å². The average Bonchev–Trinajstić information content (AvgIpc) is 3.34. The van der Waals surface area contributed by atoms with Gasteiger partial charge in [-0.3, -0.25) is 4.90 Å². The van der Waals surface area contributed by atoms with Gasteiger partial charge in [0.25, 0.3) is 0 Å². The molecule has 1 saturated carbocycles. The molecule has 1 heterocycles. The Morgan fingerprint density at radius 3 is 2.86 bits per heavy atom. The Kier molecular flexibility index (Phi) is 3.46. The van der Waals surface area contributed by atoms with Gasteiger partial charge in [0.15, 0.2) is 0 Å². The van der Waals surface area contributed by atoms with Crippen molar-refractivity contribution in [3.8, 4) is 5.75 Å². The van der Waals surface area contributed by atoms with Crippen LogP contribution in [0.5, 0.6) is 5.75 Å². The number of piperidine rings is 1. The number of likely N-dealkylation sites (N-methyl/N-ethyl adjacent to an activating group) is 1. The van der Waals surface area contributed by atoms with E-state index in [9.17, 15) is 0 Å². The molecule has 3 nitrogen and oxygen atoms in total. The molecule has 0 amide bonds. The summed E-state index contributed by atoms with van der Waals surface area (Å²) in [5.41, 5.74) is 3.26. The molecule has 120 valence electrons. The highest BCUT2D eigenvalue weighted by molar-refractivity contribution is 5.45. The molecule has 1 N–H and O–H groups in total. The van der Waals surface area contributed by atoms with Crippen LogP contribution in [-0.2, 0) is 11.8 Å². The Hall–Kier alpha value is -1.06. The summed E-state index contributed by atoms with van der Waals surface area (Å²) in [6.45, 7) is 5.00. The van der Waals surface area contributed by atoms with Crippen LogP contribution in [0.25, 0.3) is 0 Å². The fraction of sp³-hybridized carbons (Fsp3) is 0.684. The summed E-state index contributed by atoms with van der Waals surface area (Å²) in [7, 11) is 3.91. The van der Waals surface area contributed by atoms with Crippen LogP contribution >= 0.6 is 0 Å². The second-order valence-corrected chi connectivity index (χ2v) is 7.67. The number of nitrogens with zero attached hydrogens (tertiary/aromatic N) is 1. The first-order valence-electron chi connectivity index (χ1n) is 8.74. The first-order valence-corrected chi connectivity index (χ1v) is 8.74. The first-order chi connectivity index (χ1) is 10.7. The molecule has 1 aromatic carbocycles. The fourth-order valence-electron chi connectivity index (χ4n) is 4.87. The normalized spacial score (nSPS) is 34.3. The third kappa shape index (κ3) is 2.17. The lowest BCUT2D eigenvalue weighted by Gasteiger charge is -2.55. The van der Waals surface area contributed by atoms with Gasteiger partial charge in [-0.2, -0.15) is 0 Å². The van der Waals surface area contributed by atoms with Gasteiger partial charge in [0, 0.05) is 24.0 Å². The highest BCUT2D eigenvalue weighted by Gasteiger charge is 2.50. The Morgan fingerprint density at radius 2 is 2.18 bits per heavy atom. The van der Waals surface area contributed by atoms with Crippen molar-refractivity contribution in [1.29, 1.82) is 0 Å². The summed E-state index contributed by atoms with van der Waals surface area (Å²) >= 11 is 0. The van der Waals surface area contributed by atoms with Crippen molar-refractivity contribution < 1.29 is 4.74 Å². The lowest BCUT2D eigenvalue weighted by Crippen LogP contribution is -2.66. The third-order valence-electron chi connectivity index (χ3n) is 6.32. The molecule has 0 aromatic heterocycles. The van der Waals surface area contributed by atoms with Crippen LogP contribution in [0.2, 0.25) is 0 Å². The molecular weight excluding hydrogens is 272 g/mol. The quantitative estimate of drug-likeness (QED) is 0.925. The number of nitrogens with one attached hydrogen (secondary N) is 1. The van der Waals surface area contributed by atoms with Crippen LogP contribution in [0.15, 0.2) is 18.2 Å². The molecule has 2 bridgehead atoms. The molecule has 2 fully saturated rings. The predicted molar refractivity (Wildman–Crippen MR) is 89.6 cm³/mol. The molecule has 3 aliphatic rings. The second-order valence-electron chi connectivity index (χ2n) is 7.67. The SMILES string of the molecule is CN[C@H]1[C@H]2Cc3ccc(OC)cc3[C@@]1(C)CCN2CC1CC1. The van der Waals surface area contributed by atoms with Crippen molar-refractivity contribution in [1.82, 2.24) is 10.2 Å². The zero-order chi connectivity index (χ0) is 15.3. The first kappa shape index (κ1) is 14.5. The van der Waals surface area contributed by atoms with Crippen molar-refractivity contribution >= 4 is 0 Å². The van der Waals surface area contributed by atoms with Crippen molar-refractivity contribution in [2.45, 2.75) is 50.1 Å². The maximum atomic E-state index is 5.48. The van der Waals surface area contributed by atoms with E-state index in [1.54, 1.807) is 7.11 Å². The number of hydrogen-bond acceptors (Lipinski definition) is 3. The van der Waals surface area contributed by atoms with Crippen LogP contribution < -0.4 is 10.1 Å². The molecule has 1 aromatic rings. The van der Waals surface area contributed by atoms with E-state index < -0.39 is 0 Å². The van der Waals surface area contributed by atoms with E-state index in [1.807, 2.05) is 0 Å². The number of hydrogen-bond donors (Lipinski definition) is 1. The van der Waals surface area contributed by atoms with E-state index in [0.29, 0.717) is 12.1 Å². The van der Waals surface area contributed by atoms with E-state index in [-0.39, 0.29) is 5.41 Å². The molecule has 0 radical (unpaired) electrons. The van der Waals surface area contributed by atoms with E-state index in [2.05, 4.69) is 42.4 Å². The van der Waals surface area contributed by atoms with E-state index in [0.717, 1.165) is 11.7 Å². The maximum Gasteiger partial charge on any atom is 0.119 e. The summed E-state index contributed by atoms with van der Waals surface area (Å²) in [6.07, 6.45) is 5.30. The predicted octanol–water partition coefficient (Wildman–Crippen LogP) is 2.58. The van der Waals surface area contributed by atoms with Crippen molar-refractivity contribution in [2.75, 3.05) is 27.2 Å². The summed E-state index contributed by atoms with van der Waals surface area (Å²) in [5.74, 6) is 1.97. The number of fused-ring (bicyclic) bond motifs is 4. The summed E-state index contributed by atoms with van der Waals surface area (Å²) in [4.78, 5) is 2.77. The zero-order valence-corrected chi connectivity index (χ0v) is 14.1. The van der Waals surface area contributed by atoms with Crippen molar-refractivity contribution in [3.05, 3.63) is 29.3 Å². The van der Waals surface area contributed by atoms with Gasteiger partial charge in [-0.1, -0.05) is 13.0 Å². The van der Waals surface area contributed by atoms with Crippen LogP contribution in [0, 0.1) is 5.92 Å². The number of methoxy groups -OCH3 is 1. The third-order valence-corrected chi connectivity index (χ3v) is 6.32. The fourth-order valence-corrected chi connectivity index (χ4v) is 4.87. The molecule has 0 unspecified atom stereocenters. The maximum absolute atomic E-state index is 5.48. The number of benzene rings is 1. The van der Waals surface area contributed by atoms with Gasteiger partial charge < -0.3 is 10.1 Å². The lowest BCUT2D eigenvalue weighted by atomic mass is 9.61. The van der Waals surface area contributed by atoms with Gasteiger partial charge in [-0.15, -0.1) is 0 Å². The van der Waals surface area contributed by atoms with Gasteiger partial charge in [-0.05, 0) is 68.5 Å². The molecule has 4 rings (SSSR count). The van der Waals surface area contributed by atoms with E-state index >= 15 is 0 Å². The molecule has 22 heavy (non-hydrogen) atoms. The van der Waals surface area contributed by atoms with Crippen LogP contribution in [0.3, 0.4) is 0 Å². The number of rotatable bonds is 4. The number of ether oxygens (including phenoxy) is 1. The average molecular weight is 300 g/mol. The minimum Gasteiger partial charge on any atom is -0.497 e. The highest BCUT2D eigenvalue weighted by atomic mass is 16.5. The molecule has 1 aliphatic heterocycles. The highest BCUT2D eigenvalue weighted by Crippen LogP contribution is 2.46. The van der Waals surface area contributed by atoms with Crippen LogP contribution in [0.4, 0.5) is 0 Å². The summed E-state index contributed by atoms with van der Waals surface area (Å²) < 4.78 is 5.48. The monoisotopic (exact) mass is 300 g/mol. The molecule has 0 spiro atoms. The molecule has 2 aliphatic carbocycles. The standard InChI is InChI=1S/C19H28N2O/c1-19-8-9-21(12-13-4-5-13)17(18(19)20-2)10-14-6-7-15(22-3)11-16(14)19/h6-7,11,13,17-18,20H,4-5,8-10,12H2,1-3H3/t17-,18+,19-/m1/s1. The Bertz CT molecular complexity index is 569. The van der Waals surface area contributed by atoms with E-state index in [1.165, 1.54) is 49.9 Å². The Balaban J connectivity index is 1.72. The Labute approximate surface area is 134 Å². The molecule has 3 atom stereocenters. The Morgan fingerprint density at radius 1 is 1.36 bits per heavy atom. The van der Waals surface area contributed by atoms with Crippen LogP contribution in [0.1, 0.15) is 37.3 Å². The van der Waals surface area contributed by atoms with Crippen LogP contribution in [-0.4, -0.2) is 44.2 Å².